The van der Waals surface area contributed by atoms with Crippen LogP contribution >= 0.6 is 23.2 Å². The van der Waals surface area contributed by atoms with Crippen LogP contribution in [0.2, 0.25) is 10.0 Å². The molecule has 2 rings (SSSR count). The molecule has 20 heavy (non-hydrogen) atoms. The molecule has 3 nitrogen and oxygen atoms in total. The second-order valence-electron chi connectivity index (χ2n) is 5.03. The van der Waals surface area contributed by atoms with Crippen LogP contribution in [0.15, 0.2) is 23.1 Å². The molecule has 1 aliphatic rings. The average Bonchev–Trinajstić information content (AvgIpc) is 2.66. The van der Waals surface area contributed by atoms with Crippen molar-refractivity contribution in [3.05, 3.63) is 28.2 Å². The van der Waals surface area contributed by atoms with E-state index >= 15 is 0 Å². The number of benzene rings is 1. The van der Waals surface area contributed by atoms with E-state index in [-0.39, 0.29) is 9.92 Å². The fourth-order valence-corrected chi connectivity index (χ4v) is 5.39. The smallest absolute Gasteiger partial charge is 0.184 e. The number of nitrogens with zero attached hydrogens (tertiary/aromatic N) is 1. The highest BCUT2D eigenvalue weighted by Gasteiger charge is 2.36. The maximum absolute atomic E-state index is 12.8. The summed E-state index contributed by atoms with van der Waals surface area (Å²) >= 11 is 11.9. The molecule has 1 fully saturated rings. The molecule has 2 unspecified atom stereocenters. The third-order valence-corrected chi connectivity index (χ3v) is 6.71. The Morgan fingerprint density at radius 2 is 1.85 bits per heavy atom. The van der Waals surface area contributed by atoms with Gasteiger partial charge < -0.3 is 0 Å². The molecule has 0 heterocycles. The third-order valence-electron chi connectivity index (χ3n) is 3.72. The lowest BCUT2D eigenvalue weighted by Gasteiger charge is -2.20. The Labute approximate surface area is 129 Å². The molecule has 0 amide bonds. The van der Waals surface area contributed by atoms with Crippen molar-refractivity contribution in [1.82, 2.24) is 0 Å². The summed E-state index contributed by atoms with van der Waals surface area (Å²) < 4.78 is 25.6. The first kappa shape index (κ1) is 15.6. The van der Waals surface area contributed by atoms with Crippen LogP contribution < -0.4 is 0 Å². The zero-order chi connectivity index (χ0) is 14.8. The van der Waals surface area contributed by atoms with Gasteiger partial charge in [0.1, 0.15) is 0 Å². The largest absolute Gasteiger partial charge is 0.223 e. The van der Waals surface area contributed by atoms with E-state index in [0.717, 1.165) is 19.3 Å². The second-order valence-corrected chi connectivity index (χ2v) is 8.01. The maximum atomic E-state index is 12.8. The Balaban J connectivity index is 2.47. The molecule has 0 saturated heterocycles. The molecule has 108 valence electrons. The van der Waals surface area contributed by atoms with E-state index in [1.54, 1.807) is 6.07 Å². The van der Waals surface area contributed by atoms with Crippen molar-refractivity contribution < 1.29 is 8.42 Å². The fourth-order valence-electron chi connectivity index (χ4n) is 2.65. The number of hydrogen-bond acceptors (Lipinski definition) is 3. The minimum absolute atomic E-state index is 0.0406. The lowest BCUT2D eigenvalue weighted by atomic mass is 10.0. The van der Waals surface area contributed by atoms with Crippen molar-refractivity contribution in [2.24, 2.45) is 5.92 Å². The lowest BCUT2D eigenvalue weighted by molar-refractivity contribution is 0.523. The van der Waals surface area contributed by atoms with Crippen molar-refractivity contribution >= 4 is 33.0 Å². The number of sulfone groups is 1. The van der Waals surface area contributed by atoms with Crippen molar-refractivity contribution in [3.8, 4) is 6.07 Å². The van der Waals surface area contributed by atoms with Crippen LogP contribution in [0.3, 0.4) is 0 Å². The molecule has 0 N–H and O–H groups in total. The van der Waals surface area contributed by atoms with Gasteiger partial charge in [0.05, 0.1) is 27.2 Å². The zero-order valence-electron chi connectivity index (χ0n) is 10.9. The minimum Gasteiger partial charge on any atom is -0.223 e. The Bertz CT molecular complexity index is 637. The molecule has 1 saturated carbocycles. The fraction of sp³-hybridized carbons (Fsp3) is 0.500. The van der Waals surface area contributed by atoms with E-state index in [1.165, 1.54) is 12.1 Å². The first-order valence-electron chi connectivity index (χ1n) is 6.55. The summed E-state index contributed by atoms with van der Waals surface area (Å²) in [5.74, 6) is -0.474. The summed E-state index contributed by atoms with van der Waals surface area (Å²) in [5, 5.41) is 9.05. The van der Waals surface area contributed by atoms with Gasteiger partial charge in [-0.3, -0.25) is 0 Å². The SMILES string of the molecule is N#CC1CCCCCC1S(=O)(=O)c1cc(Cl)ccc1Cl. The molecule has 1 aromatic carbocycles. The van der Waals surface area contributed by atoms with Crippen LogP contribution in [-0.2, 0) is 9.84 Å². The number of rotatable bonds is 2. The second kappa shape index (κ2) is 6.34. The van der Waals surface area contributed by atoms with Crippen LogP contribution in [0.25, 0.3) is 0 Å². The molecular weight excluding hydrogens is 317 g/mol. The highest BCUT2D eigenvalue weighted by molar-refractivity contribution is 7.92. The molecule has 6 heteroatoms. The summed E-state index contributed by atoms with van der Waals surface area (Å²) in [7, 11) is -3.64. The van der Waals surface area contributed by atoms with E-state index in [0.29, 0.717) is 17.9 Å². The predicted octanol–water partition coefficient (Wildman–Crippen LogP) is 4.24. The monoisotopic (exact) mass is 331 g/mol. The lowest BCUT2D eigenvalue weighted by Crippen LogP contribution is -2.28. The van der Waals surface area contributed by atoms with Crippen molar-refractivity contribution in [2.45, 2.75) is 42.2 Å². The summed E-state index contributed by atoms with van der Waals surface area (Å²) in [6, 6.07) is 6.56. The number of halogens is 2. The summed E-state index contributed by atoms with van der Waals surface area (Å²) in [5.41, 5.74) is 0. The van der Waals surface area contributed by atoms with Crippen LogP contribution in [0.5, 0.6) is 0 Å². The first-order chi connectivity index (χ1) is 9.46. The molecule has 1 aromatic rings. The Morgan fingerprint density at radius 3 is 2.55 bits per heavy atom. The van der Waals surface area contributed by atoms with Crippen molar-refractivity contribution in [3.63, 3.8) is 0 Å². The van der Waals surface area contributed by atoms with Gasteiger partial charge in [0.15, 0.2) is 9.84 Å². The molecule has 0 radical (unpaired) electrons. The van der Waals surface area contributed by atoms with Gasteiger partial charge in [-0.2, -0.15) is 5.26 Å². The van der Waals surface area contributed by atoms with E-state index in [9.17, 15) is 13.7 Å². The molecular formula is C14H15Cl2NO2S. The standard InChI is InChI=1S/C14H15Cl2NO2S/c15-11-6-7-12(16)14(8-11)20(18,19)13-5-3-1-2-4-10(13)9-17/h6-8,10,13H,1-5H2. The van der Waals surface area contributed by atoms with Gasteiger partial charge in [0, 0.05) is 5.02 Å². The highest BCUT2D eigenvalue weighted by atomic mass is 35.5. The van der Waals surface area contributed by atoms with Gasteiger partial charge >= 0.3 is 0 Å². The Kier molecular flexibility index (Phi) is 4.95. The Hall–Kier alpha value is -0.760. The van der Waals surface area contributed by atoms with E-state index in [1.807, 2.05) is 0 Å². The van der Waals surface area contributed by atoms with Crippen LogP contribution in [0.4, 0.5) is 0 Å². The van der Waals surface area contributed by atoms with Crippen LogP contribution in [0, 0.1) is 17.2 Å². The average molecular weight is 332 g/mol. The number of hydrogen-bond donors (Lipinski definition) is 0. The topological polar surface area (TPSA) is 57.9 Å². The molecule has 2 atom stereocenters. The third kappa shape index (κ3) is 3.11. The van der Waals surface area contributed by atoms with Gasteiger partial charge in [-0.15, -0.1) is 0 Å². The molecule has 1 aliphatic carbocycles. The Morgan fingerprint density at radius 1 is 1.15 bits per heavy atom. The van der Waals surface area contributed by atoms with Crippen LogP contribution in [0.1, 0.15) is 32.1 Å². The van der Waals surface area contributed by atoms with Gasteiger partial charge in [-0.1, -0.05) is 42.5 Å². The van der Waals surface area contributed by atoms with Gasteiger partial charge in [0.2, 0.25) is 0 Å². The zero-order valence-corrected chi connectivity index (χ0v) is 13.2. The molecule has 0 aromatic heterocycles. The van der Waals surface area contributed by atoms with Crippen LogP contribution in [-0.4, -0.2) is 13.7 Å². The van der Waals surface area contributed by atoms with Crippen molar-refractivity contribution in [2.75, 3.05) is 0 Å². The maximum Gasteiger partial charge on any atom is 0.184 e. The normalized spacial score (nSPS) is 23.9. The van der Waals surface area contributed by atoms with E-state index < -0.39 is 21.0 Å². The minimum atomic E-state index is -3.64. The molecule has 0 spiro atoms. The van der Waals surface area contributed by atoms with Gasteiger partial charge in [-0.25, -0.2) is 8.42 Å². The first-order valence-corrected chi connectivity index (χ1v) is 8.85. The summed E-state index contributed by atoms with van der Waals surface area (Å²) in [4.78, 5) is 0.0406. The molecule has 0 aliphatic heterocycles. The van der Waals surface area contributed by atoms with Gasteiger partial charge in [-0.05, 0) is 31.0 Å². The van der Waals surface area contributed by atoms with E-state index in [4.69, 9.17) is 23.2 Å². The quantitative estimate of drug-likeness (QED) is 0.761. The summed E-state index contributed by atoms with van der Waals surface area (Å²) in [6.07, 6.45) is 3.81. The highest BCUT2D eigenvalue weighted by Crippen LogP contribution is 2.35. The van der Waals surface area contributed by atoms with Crippen molar-refractivity contribution in [1.29, 1.82) is 5.26 Å². The number of nitriles is 1. The predicted molar refractivity (Wildman–Crippen MR) is 79.6 cm³/mol. The van der Waals surface area contributed by atoms with E-state index in [2.05, 4.69) is 6.07 Å². The molecule has 0 bridgehead atoms. The summed E-state index contributed by atoms with van der Waals surface area (Å²) in [6.45, 7) is 0. The van der Waals surface area contributed by atoms with Gasteiger partial charge in [0.25, 0.3) is 0 Å².